The van der Waals surface area contributed by atoms with E-state index in [1.165, 1.54) is 0 Å². The summed E-state index contributed by atoms with van der Waals surface area (Å²) in [4.78, 5) is 25.1. The van der Waals surface area contributed by atoms with E-state index in [0.29, 0.717) is 32.5 Å². The van der Waals surface area contributed by atoms with Crippen LogP contribution in [0.4, 0.5) is 0 Å². The lowest BCUT2D eigenvalue weighted by atomic mass is 9.80. The molecule has 0 aliphatic carbocycles. The number of carbonyl (C=O) groups is 2. The Morgan fingerprint density at radius 1 is 1.33 bits per heavy atom. The summed E-state index contributed by atoms with van der Waals surface area (Å²) < 4.78 is 5.47. The number of piperidine rings is 1. The Morgan fingerprint density at radius 2 is 1.94 bits per heavy atom. The quantitative estimate of drug-likeness (QED) is 0.803. The van der Waals surface area contributed by atoms with Gasteiger partial charge in [0.2, 0.25) is 0 Å². The number of hydrogen-bond acceptors (Lipinski definition) is 3. The number of carbonyl (C=O) groups excluding carboxylic acids is 1. The molecule has 5 nitrogen and oxygen atoms in total. The first-order valence-electron chi connectivity index (χ1n) is 6.58. The van der Waals surface area contributed by atoms with Gasteiger partial charge >= 0.3 is 5.97 Å². The van der Waals surface area contributed by atoms with Crippen LogP contribution in [0.1, 0.15) is 33.1 Å². The van der Waals surface area contributed by atoms with Crippen molar-refractivity contribution in [3.63, 3.8) is 0 Å². The van der Waals surface area contributed by atoms with E-state index in [1.807, 2.05) is 6.92 Å². The van der Waals surface area contributed by atoms with E-state index in [9.17, 15) is 9.59 Å². The van der Waals surface area contributed by atoms with Crippen LogP contribution in [-0.2, 0) is 14.3 Å². The number of ether oxygens (including phenoxy) is 1. The van der Waals surface area contributed by atoms with E-state index in [1.54, 1.807) is 11.8 Å². The maximum absolute atomic E-state index is 12.2. The van der Waals surface area contributed by atoms with E-state index in [4.69, 9.17) is 9.84 Å². The lowest BCUT2D eigenvalue weighted by Crippen LogP contribution is -2.49. The molecule has 0 saturated carbocycles. The number of amides is 1. The minimum Gasteiger partial charge on any atom is -0.481 e. The summed E-state index contributed by atoms with van der Waals surface area (Å²) in [5.41, 5.74) is -0.682. The van der Waals surface area contributed by atoms with Gasteiger partial charge in [0.25, 0.3) is 5.91 Å². The highest BCUT2D eigenvalue weighted by Gasteiger charge is 2.41. The molecule has 1 N–H and O–H groups in total. The zero-order valence-corrected chi connectivity index (χ0v) is 11.0. The Hall–Kier alpha value is -1.10. The molecule has 0 radical (unpaired) electrons. The average Bonchev–Trinajstić information content (AvgIpc) is 2.75. The number of rotatable bonds is 2. The second kappa shape index (κ2) is 4.88. The standard InChI is InChI=1S/C13H21NO4/c1-9-3-8-18-10(9)11(15)14-6-4-13(2,5-7-14)12(16)17/h9-10H,3-8H2,1-2H3,(H,16,17). The average molecular weight is 255 g/mol. The van der Waals surface area contributed by atoms with Gasteiger partial charge in [0.1, 0.15) is 6.10 Å². The van der Waals surface area contributed by atoms with Gasteiger partial charge in [-0.05, 0) is 32.1 Å². The molecule has 0 bridgehead atoms. The zero-order valence-electron chi connectivity index (χ0n) is 11.0. The second-order valence-corrected chi connectivity index (χ2v) is 5.75. The molecular weight excluding hydrogens is 234 g/mol. The molecule has 0 spiro atoms. The van der Waals surface area contributed by atoms with Crippen LogP contribution in [0.5, 0.6) is 0 Å². The van der Waals surface area contributed by atoms with Crippen molar-refractivity contribution in [2.75, 3.05) is 19.7 Å². The third kappa shape index (κ3) is 2.36. The lowest BCUT2D eigenvalue weighted by Gasteiger charge is -2.37. The lowest BCUT2D eigenvalue weighted by molar-refractivity contribution is -0.155. The highest BCUT2D eigenvalue weighted by atomic mass is 16.5. The Morgan fingerprint density at radius 3 is 2.39 bits per heavy atom. The molecule has 2 saturated heterocycles. The zero-order chi connectivity index (χ0) is 13.3. The van der Waals surface area contributed by atoms with Crippen LogP contribution in [0.3, 0.4) is 0 Å². The van der Waals surface area contributed by atoms with Crippen molar-refractivity contribution in [1.29, 1.82) is 0 Å². The SMILES string of the molecule is CC1CCOC1C(=O)N1CCC(C)(C(=O)O)CC1. The third-order valence-electron chi connectivity index (χ3n) is 4.33. The minimum atomic E-state index is -0.764. The molecule has 2 aliphatic heterocycles. The van der Waals surface area contributed by atoms with Gasteiger partial charge in [-0.15, -0.1) is 0 Å². The fraction of sp³-hybridized carbons (Fsp3) is 0.846. The second-order valence-electron chi connectivity index (χ2n) is 5.75. The Balaban J connectivity index is 1.93. The summed E-state index contributed by atoms with van der Waals surface area (Å²) in [6.45, 7) is 5.48. The molecular formula is C13H21NO4. The summed E-state index contributed by atoms with van der Waals surface area (Å²) in [7, 11) is 0. The Labute approximate surface area is 107 Å². The van der Waals surface area contributed by atoms with Gasteiger partial charge in [0.15, 0.2) is 0 Å². The monoisotopic (exact) mass is 255 g/mol. The van der Waals surface area contributed by atoms with Crippen LogP contribution >= 0.6 is 0 Å². The van der Waals surface area contributed by atoms with E-state index in [2.05, 4.69) is 0 Å². The van der Waals surface area contributed by atoms with Gasteiger partial charge in [0, 0.05) is 19.7 Å². The maximum atomic E-state index is 12.2. The van der Waals surface area contributed by atoms with Crippen LogP contribution in [-0.4, -0.2) is 47.7 Å². The highest BCUT2D eigenvalue weighted by molar-refractivity contribution is 5.82. The molecule has 5 heteroatoms. The van der Waals surface area contributed by atoms with Crippen molar-refractivity contribution in [2.24, 2.45) is 11.3 Å². The first kappa shape index (κ1) is 13.3. The van der Waals surface area contributed by atoms with E-state index in [-0.39, 0.29) is 17.9 Å². The summed E-state index contributed by atoms with van der Waals surface area (Å²) >= 11 is 0. The van der Waals surface area contributed by atoms with Crippen LogP contribution in [0.25, 0.3) is 0 Å². The van der Waals surface area contributed by atoms with Gasteiger partial charge in [-0.25, -0.2) is 0 Å². The maximum Gasteiger partial charge on any atom is 0.309 e. The van der Waals surface area contributed by atoms with E-state index < -0.39 is 11.4 Å². The first-order chi connectivity index (χ1) is 8.44. The molecule has 2 rings (SSSR count). The Kier molecular flexibility index (Phi) is 3.61. The highest BCUT2D eigenvalue weighted by Crippen LogP contribution is 2.32. The van der Waals surface area contributed by atoms with Crippen molar-refractivity contribution in [3.8, 4) is 0 Å². The van der Waals surface area contributed by atoms with Crippen molar-refractivity contribution < 1.29 is 19.4 Å². The molecule has 2 fully saturated rings. The van der Waals surface area contributed by atoms with Crippen LogP contribution in [0, 0.1) is 11.3 Å². The van der Waals surface area contributed by atoms with Crippen LogP contribution < -0.4 is 0 Å². The third-order valence-corrected chi connectivity index (χ3v) is 4.33. The predicted octanol–water partition coefficient (Wildman–Crippen LogP) is 1.12. The molecule has 2 unspecified atom stereocenters. The van der Waals surface area contributed by atoms with Gasteiger partial charge < -0.3 is 14.7 Å². The normalized spacial score (nSPS) is 31.3. The summed E-state index contributed by atoms with van der Waals surface area (Å²) in [5, 5.41) is 9.15. The van der Waals surface area contributed by atoms with Gasteiger partial charge in [-0.1, -0.05) is 6.92 Å². The smallest absolute Gasteiger partial charge is 0.309 e. The molecule has 18 heavy (non-hydrogen) atoms. The van der Waals surface area contributed by atoms with Gasteiger partial charge in [-0.2, -0.15) is 0 Å². The van der Waals surface area contributed by atoms with Gasteiger partial charge in [0.05, 0.1) is 5.41 Å². The molecule has 2 atom stereocenters. The molecule has 102 valence electrons. The molecule has 0 aromatic carbocycles. The fourth-order valence-electron chi connectivity index (χ4n) is 2.63. The van der Waals surface area contributed by atoms with E-state index >= 15 is 0 Å². The molecule has 1 amide bonds. The number of carboxylic acids is 1. The number of nitrogens with zero attached hydrogens (tertiary/aromatic N) is 1. The van der Waals surface area contributed by atoms with E-state index in [0.717, 1.165) is 6.42 Å². The summed E-state index contributed by atoms with van der Waals surface area (Å²) in [6.07, 6.45) is 1.65. The predicted molar refractivity (Wildman–Crippen MR) is 65.1 cm³/mol. The van der Waals surface area contributed by atoms with Crippen LogP contribution in [0.2, 0.25) is 0 Å². The topological polar surface area (TPSA) is 66.8 Å². The van der Waals surface area contributed by atoms with Crippen LogP contribution in [0.15, 0.2) is 0 Å². The number of hydrogen-bond donors (Lipinski definition) is 1. The fourth-order valence-corrected chi connectivity index (χ4v) is 2.63. The van der Waals surface area contributed by atoms with Gasteiger partial charge in [-0.3, -0.25) is 9.59 Å². The Bertz CT molecular complexity index is 347. The van der Waals surface area contributed by atoms with Crippen molar-refractivity contribution >= 4 is 11.9 Å². The molecule has 2 aliphatic rings. The van der Waals surface area contributed by atoms with Crippen molar-refractivity contribution in [1.82, 2.24) is 4.90 Å². The number of likely N-dealkylation sites (tertiary alicyclic amines) is 1. The minimum absolute atomic E-state index is 0.0347. The molecule has 0 aromatic rings. The summed E-state index contributed by atoms with van der Waals surface area (Å²) in [5.74, 6) is -0.460. The van der Waals surface area contributed by atoms with Crippen molar-refractivity contribution in [2.45, 2.75) is 39.2 Å². The first-order valence-corrected chi connectivity index (χ1v) is 6.58. The molecule has 2 heterocycles. The van der Waals surface area contributed by atoms with Crippen molar-refractivity contribution in [3.05, 3.63) is 0 Å². The number of carboxylic acid groups (broad SMARTS) is 1. The largest absolute Gasteiger partial charge is 0.481 e. The summed E-state index contributed by atoms with van der Waals surface area (Å²) in [6, 6.07) is 0. The molecule has 0 aromatic heterocycles. The number of aliphatic carboxylic acids is 1.